The number of hydrogen-bond acceptors (Lipinski definition) is 4. The molecule has 0 amide bonds. The van der Waals surface area contributed by atoms with Crippen LogP contribution in [-0.4, -0.2) is 31.3 Å². The highest BCUT2D eigenvalue weighted by Gasteiger charge is 2.23. The average molecular weight is 331 g/mol. The standard InChI is InChI=1S/C13H15ClN2O2S2/c1-10(13-15-6-7-19-13)9-16(2)20(17,18)12-5-3-4-11(14)8-12/h3-8,10H,9H2,1-2H3. The van der Waals surface area contributed by atoms with Crippen LogP contribution in [0.3, 0.4) is 0 Å². The van der Waals surface area contributed by atoms with Crippen LogP contribution in [0, 0.1) is 0 Å². The monoisotopic (exact) mass is 330 g/mol. The Bertz CT molecular complexity index is 671. The third kappa shape index (κ3) is 3.38. The molecule has 20 heavy (non-hydrogen) atoms. The van der Waals surface area contributed by atoms with Gasteiger partial charge in [0.1, 0.15) is 0 Å². The van der Waals surface area contributed by atoms with Gasteiger partial charge in [-0.15, -0.1) is 11.3 Å². The summed E-state index contributed by atoms with van der Waals surface area (Å²) < 4.78 is 26.2. The van der Waals surface area contributed by atoms with Crippen LogP contribution in [0.2, 0.25) is 5.02 Å². The number of halogens is 1. The van der Waals surface area contributed by atoms with Gasteiger partial charge in [-0.1, -0.05) is 24.6 Å². The lowest BCUT2D eigenvalue weighted by atomic mass is 10.2. The van der Waals surface area contributed by atoms with Crippen molar-refractivity contribution in [1.82, 2.24) is 9.29 Å². The van der Waals surface area contributed by atoms with Gasteiger partial charge in [-0.2, -0.15) is 0 Å². The minimum atomic E-state index is -3.52. The fourth-order valence-electron chi connectivity index (χ4n) is 1.85. The van der Waals surface area contributed by atoms with Crippen LogP contribution < -0.4 is 0 Å². The first kappa shape index (κ1) is 15.4. The summed E-state index contributed by atoms with van der Waals surface area (Å²) in [5.41, 5.74) is 0. The molecule has 0 bridgehead atoms. The Balaban J connectivity index is 2.17. The number of benzene rings is 1. The predicted molar refractivity (Wildman–Crippen MR) is 81.8 cm³/mol. The summed E-state index contributed by atoms with van der Waals surface area (Å²) in [6.45, 7) is 2.34. The quantitative estimate of drug-likeness (QED) is 0.845. The number of likely N-dealkylation sites (N-methyl/N-ethyl adjacent to an activating group) is 1. The summed E-state index contributed by atoms with van der Waals surface area (Å²) >= 11 is 7.38. The molecular weight excluding hydrogens is 316 g/mol. The SMILES string of the molecule is CC(CN(C)S(=O)(=O)c1cccc(Cl)c1)c1nccs1. The number of sulfonamides is 1. The van der Waals surface area contributed by atoms with E-state index in [1.807, 2.05) is 12.3 Å². The molecule has 0 aliphatic rings. The molecule has 0 saturated carbocycles. The van der Waals surface area contributed by atoms with E-state index in [9.17, 15) is 8.42 Å². The molecule has 1 heterocycles. The van der Waals surface area contributed by atoms with Gasteiger partial charge in [0.25, 0.3) is 0 Å². The highest BCUT2D eigenvalue weighted by molar-refractivity contribution is 7.89. The van der Waals surface area contributed by atoms with E-state index in [0.29, 0.717) is 11.6 Å². The summed E-state index contributed by atoms with van der Waals surface area (Å²) in [4.78, 5) is 4.42. The predicted octanol–water partition coefficient (Wildman–Crippen LogP) is 3.22. The Kier molecular flexibility index (Phi) is 4.80. The molecule has 2 aromatic rings. The topological polar surface area (TPSA) is 50.3 Å². The normalized spacial score (nSPS) is 13.6. The van der Waals surface area contributed by atoms with E-state index < -0.39 is 10.0 Å². The molecule has 7 heteroatoms. The lowest BCUT2D eigenvalue weighted by molar-refractivity contribution is 0.446. The van der Waals surface area contributed by atoms with Crippen molar-refractivity contribution in [2.45, 2.75) is 17.7 Å². The molecule has 1 aromatic carbocycles. The first-order valence-electron chi connectivity index (χ1n) is 6.02. The minimum Gasteiger partial charge on any atom is -0.249 e. The Morgan fingerprint density at radius 1 is 1.45 bits per heavy atom. The second-order valence-corrected chi connectivity index (χ2v) is 7.92. The van der Waals surface area contributed by atoms with Gasteiger partial charge >= 0.3 is 0 Å². The fourth-order valence-corrected chi connectivity index (χ4v) is 4.10. The van der Waals surface area contributed by atoms with Crippen LogP contribution in [0.1, 0.15) is 17.8 Å². The summed E-state index contributed by atoms with van der Waals surface area (Å²) in [6.07, 6.45) is 1.72. The van der Waals surface area contributed by atoms with Gasteiger partial charge in [-0.05, 0) is 18.2 Å². The highest BCUT2D eigenvalue weighted by atomic mass is 35.5. The van der Waals surface area contributed by atoms with Crippen LogP contribution in [0.15, 0.2) is 40.7 Å². The van der Waals surface area contributed by atoms with E-state index >= 15 is 0 Å². The number of rotatable bonds is 5. The van der Waals surface area contributed by atoms with Crippen molar-refractivity contribution in [3.63, 3.8) is 0 Å². The summed E-state index contributed by atoms with van der Waals surface area (Å²) in [7, 11) is -1.95. The van der Waals surface area contributed by atoms with Crippen molar-refractivity contribution in [2.75, 3.05) is 13.6 Å². The second kappa shape index (κ2) is 6.22. The van der Waals surface area contributed by atoms with E-state index in [-0.39, 0.29) is 10.8 Å². The van der Waals surface area contributed by atoms with Crippen molar-refractivity contribution < 1.29 is 8.42 Å². The lowest BCUT2D eigenvalue weighted by Crippen LogP contribution is -2.30. The van der Waals surface area contributed by atoms with Crippen molar-refractivity contribution >= 4 is 33.0 Å². The zero-order chi connectivity index (χ0) is 14.8. The van der Waals surface area contributed by atoms with Crippen molar-refractivity contribution in [1.29, 1.82) is 0 Å². The van der Waals surface area contributed by atoms with Crippen molar-refractivity contribution in [3.8, 4) is 0 Å². The number of thiazole rings is 1. The first-order chi connectivity index (χ1) is 9.41. The van der Waals surface area contributed by atoms with Gasteiger partial charge in [-0.3, -0.25) is 0 Å². The van der Waals surface area contributed by atoms with Crippen LogP contribution in [0.5, 0.6) is 0 Å². The molecule has 0 saturated heterocycles. The van der Waals surface area contributed by atoms with Gasteiger partial charge in [0.05, 0.1) is 9.90 Å². The van der Waals surface area contributed by atoms with E-state index in [4.69, 9.17) is 11.6 Å². The Morgan fingerprint density at radius 3 is 2.80 bits per heavy atom. The maximum absolute atomic E-state index is 12.4. The molecule has 4 nitrogen and oxygen atoms in total. The number of aromatic nitrogens is 1. The molecule has 2 rings (SSSR count). The van der Waals surface area contributed by atoms with E-state index in [2.05, 4.69) is 4.98 Å². The van der Waals surface area contributed by atoms with Gasteiger partial charge < -0.3 is 0 Å². The van der Waals surface area contributed by atoms with Crippen molar-refractivity contribution in [2.24, 2.45) is 0 Å². The largest absolute Gasteiger partial charge is 0.249 e. The van der Waals surface area contributed by atoms with Crippen LogP contribution in [-0.2, 0) is 10.0 Å². The van der Waals surface area contributed by atoms with Crippen LogP contribution >= 0.6 is 22.9 Å². The Labute approximate surface area is 128 Å². The molecular formula is C13H15ClN2O2S2. The third-order valence-corrected chi connectivity index (χ3v) is 5.97. The lowest BCUT2D eigenvalue weighted by Gasteiger charge is -2.20. The zero-order valence-electron chi connectivity index (χ0n) is 11.2. The molecule has 1 unspecified atom stereocenters. The zero-order valence-corrected chi connectivity index (χ0v) is 13.5. The molecule has 1 atom stereocenters. The molecule has 0 aliphatic carbocycles. The molecule has 0 aliphatic heterocycles. The number of nitrogens with zero attached hydrogens (tertiary/aromatic N) is 2. The van der Waals surface area contributed by atoms with Crippen molar-refractivity contribution in [3.05, 3.63) is 45.9 Å². The van der Waals surface area contributed by atoms with Crippen LogP contribution in [0.25, 0.3) is 0 Å². The Hall–Kier alpha value is -0.950. The van der Waals surface area contributed by atoms with E-state index in [0.717, 1.165) is 5.01 Å². The Morgan fingerprint density at radius 2 is 2.20 bits per heavy atom. The molecule has 0 spiro atoms. The summed E-state index contributed by atoms with van der Waals surface area (Å²) in [5.74, 6) is 0.0500. The summed E-state index contributed by atoms with van der Waals surface area (Å²) in [5, 5.41) is 3.22. The van der Waals surface area contributed by atoms with Gasteiger partial charge in [0.2, 0.25) is 10.0 Å². The van der Waals surface area contributed by atoms with Crippen LogP contribution in [0.4, 0.5) is 0 Å². The maximum Gasteiger partial charge on any atom is 0.242 e. The number of hydrogen-bond donors (Lipinski definition) is 0. The van der Waals surface area contributed by atoms with Gasteiger partial charge in [0.15, 0.2) is 0 Å². The molecule has 1 aromatic heterocycles. The van der Waals surface area contributed by atoms with E-state index in [1.54, 1.807) is 31.4 Å². The van der Waals surface area contributed by atoms with Gasteiger partial charge in [0, 0.05) is 36.1 Å². The van der Waals surface area contributed by atoms with Gasteiger partial charge in [-0.25, -0.2) is 17.7 Å². The molecule has 0 radical (unpaired) electrons. The molecule has 108 valence electrons. The average Bonchev–Trinajstić information content (AvgIpc) is 2.92. The summed E-state index contributed by atoms with van der Waals surface area (Å²) in [6, 6.07) is 6.29. The third-order valence-electron chi connectivity index (χ3n) is 2.91. The molecule has 0 N–H and O–H groups in total. The maximum atomic E-state index is 12.4. The minimum absolute atomic E-state index is 0.0500. The van der Waals surface area contributed by atoms with E-state index in [1.165, 1.54) is 21.7 Å². The fraction of sp³-hybridized carbons (Fsp3) is 0.308. The first-order valence-corrected chi connectivity index (χ1v) is 8.72. The smallest absolute Gasteiger partial charge is 0.242 e. The second-order valence-electron chi connectivity index (χ2n) is 4.51. The highest BCUT2D eigenvalue weighted by Crippen LogP contribution is 2.23. The molecule has 0 fully saturated rings.